The maximum atomic E-state index is 11.4. The topological polar surface area (TPSA) is 60.0 Å². The van der Waals surface area contributed by atoms with Crippen LogP contribution in [0.5, 0.6) is 0 Å². The molecule has 0 unspecified atom stereocenters. The molecule has 1 aliphatic heterocycles. The van der Waals surface area contributed by atoms with Crippen LogP contribution < -0.4 is 10.6 Å². The molecule has 0 saturated carbocycles. The first-order valence-corrected chi connectivity index (χ1v) is 10.9. The molecule has 1 fully saturated rings. The van der Waals surface area contributed by atoms with Crippen LogP contribution >= 0.6 is 0 Å². The average Bonchev–Trinajstić information content (AvgIpc) is 2.72. The zero-order valence-electron chi connectivity index (χ0n) is 18.9. The lowest BCUT2D eigenvalue weighted by Gasteiger charge is -2.34. The van der Waals surface area contributed by atoms with Crippen LogP contribution in [0.2, 0.25) is 0 Å². The number of guanidine groups is 1. The molecular weight excluding hydrogens is 362 g/mol. The van der Waals surface area contributed by atoms with Gasteiger partial charge in [-0.2, -0.15) is 0 Å². The third-order valence-corrected chi connectivity index (χ3v) is 5.66. The zero-order chi connectivity index (χ0) is 21.3. The predicted molar refractivity (Wildman–Crippen MR) is 122 cm³/mol. The molecule has 0 aromatic heterocycles. The summed E-state index contributed by atoms with van der Waals surface area (Å²) in [4.78, 5) is 20.6. The van der Waals surface area contributed by atoms with Gasteiger partial charge >= 0.3 is 0 Å². The summed E-state index contributed by atoms with van der Waals surface area (Å²) in [5, 5.41) is 6.81. The summed E-state index contributed by atoms with van der Waals surface area (Å²) >= 11 is 0. The molecule has 2 rings (SSSR count). The second-order valence-corrected chi connectivity index (χ2v) is 8.40. The van der Waals surface area contributed by atoms with Crippen molar-refractivity contribution in [1.29, 1.82) is 0 Å². The van der Waals surface area contributed by atoms with Gasteiger partial charge in [-0.3, -0.25) is 14.7 Å². The van der Waals surface area contributed by atoms with E-state index in [4.69, 9.17) is 4.99 Å². The molecule has 1 aromatic carbocycles. The Hall–Kier alpha value is -2.08. The molecule has 6 nitrogen and oxygen atoms in total. The summed E-state index contributed by atoms with van der Waals surface area (Å²) in [7, 11) is 0. The largest absolute Gasteiger partial charge is 0.357 e. The Labute approximate surface area is 176 Å². The van der Waals surface area contributed by atoms with E-state index in [0.717, 1.165) is 64.7 Å². The lowest BCUT2D eigenvalue weighted by atomic mass is 9.84. The molecule has 2 N–H and O–H groups in total. The molecule has 0 radical (unpaired) electrons. The third kappa shape index (κ3) is 7.35. The summed E-state index contributed by atoms with van der Waals surface area (Å²) in [6.45, 7) is 17.3. The number of carbonyl (C=O) groups excluding carboxylic acids is 1. The number of nitrogens with one attached hydrogen (secondary N) is 2. The van der Waals surface area contributed by atoms with Gasteiger partial charge in [0.2, 0.25) is 5.91 Å². The number of nitrogens with zero attached hydrogens (tertiary/aromatic N) is 3. The fraction of sp³-hybridized carbons (Fsp3) is 0.652. The van der Waals surface area contributed by atoms with E-state index in [0.29, 0.717) is 0 Å². The van der Waals surface area contributed by atoms with Crippen LogP contribution in [0, 0.1) is 0 Å². The zero-order valence-corrected chi connectivity index (χ0v) is 18.9. The van der Waals surface area contributed by atoms with E-state index in [1.165, 1.54) is 11.1 Å². The van der Waals surface area contributed by atoms with Crippen LogP contribution in [0.15, 0.2) is 29.3 Å². The first kappa shape index (κ1) is 23.2. The van der Waals surface area contributed by atoms with Crippen molar-refractivity contribution < 1.29 is 4.79 Å². The number of rotatable bonds is 8. The molecular formula is C23H39N5O. The second-order valence-electron chi connectivity index (χ2n) is 8.40. The Morgan fingerprint density at radius 2 is 1.72 bits per heavy atom. The fourth-order valence-corrected chi connectivity index (χ4v) is 3.52. The third-order valence-electron chi connectivity index (χ3n) is 5.66. The quantitative estimate of drug-likeness (QED) is 0.518. The van der Waals surface area contributed by atoms with Gasteiger partial charge in [-0.1, -0.05) is 45.0 Å². The number of hydrogen-bond donors (Lipinski definition) is 2. The minimum atomic E-state index is -0.0162. The highest BCUT2D eigenvalue weighted by Gasteiger charge is 2.21. The minimum Gasteiger partial charge on any atom is -0.357 e. The Kier molecular flexibility index (Phi) is 8.96. The first-order chi connectivity index (χ1) is 13.9. The Balaban J connectivity index is 1.84. The van der Waals surface area contributed by atoms with E-state index in [-0.39, 0.29) is 11.3 Å². The normalized spacial score (nSPS) is 16.0. The predicted octanol–water partition coefficient (Wildman–Crippen LogP) is 2.25. The highest BCUT2D eigenvalue weighted by Crippen LogP contribution is 2.24. The average molecular weight is 402 g/mol. The number of benzene rings is 1. The molecule has 1 saturated heterocycles. The monoisotopic (exact) mass is 401 g/mol. The minimum absolute atomic E-state index is 0.0162. The van der Waals surface area contributed by atoms with Crippen LogP contribution in [-0.2, 0) is 16.6 Å². The molecule has 0 aliphatic carbocycles. The number of hydrogen-bond acceptors (Lipinski definition) is 3. The summed E-state index contributed by atoms with van der Waals surface area (Å²) in [6.07, 6.45) is 1.07. The van der Waals surface area contributed by atoms with Crippen molar-refractivity contribution >= 4 is 11.9 Å². The van der Waals surface area contributed by atoms with E-state index in [1.807, 2.05) is 4.90 Å². The summed E-state index contributed by atoms with van der Waals surface area (Å²) in [5.41, 5.74) is 2.67. The second kappa shape index (κ2) is 11.2. The van der Waals surface area contributed by atoms with Gasteiger partial charge in [0.15, 0.2) is 5.96 Å². The van der Waals surface area contributed by atoms with Crippen molar-refractivity contribution in [3.8, 4) is 0 Å². The molecule has 0 atom stereocenters. The molecule has 1 aliphatic rings. The van der Waals surface area contributed by atoms with E-state index < -0.39 is 0 Å². The first-order valence-electron chi connectivity index (χ1n) is 10.9. The number of carbonyl (C=O) groups is 1. The van der Waals surface area contributed by atoms with Crippen LogP contribution in [-0.4, -0.2) is 74.0 Å². The van der Waals surface area contributed by atoms with Crippen molar-refractivity contribution in [3.05, 3.63) is 35.4 Å². The van der Waals surface area contributed by atoms with Gasteiger partial charge in [-0.25, -0.2) is 0 Å². The molecule has 29 heavy (non-hydrogen) atoms. The highest BCUT2D eigenvalue weighted by atomic mass is 16.2. The molecule has 162 valence electrons. The number of amides is 1. The van der Waals surface area contributed by atoms with E-state index in [1.54, 1.807) is 6.92 Å². The molecule has 1 amide bonds. The van der Waals surface area contributed by atoms with E-state index >= 15 is 0 Å². The summed E-state index contributed by atoms with van der Waals surface area (Å²) < 4.78 is 0. The summed E-state index contributed by atoms with van der Waals surface area (Å²) in [5.74, 6) is 1.05. The lowest BCUT2D eigenvalue weighted by molar-refractivity contribution is -0.130. The van der Waals surface area contributed by atoms with Crippen LogP contribution in [0.25, 0.3) is 0 Å². The SMILES string of the molecule is CCNC(=NCC(C)(C)c1ccc(CC)cc1)NCCN1CCN(C(C)=O)CC1. The van der Waals surface area contributed by atoms with Gasteiger partial charge in [0.25, 0.3) is 0 Å². The van der Waals surface area contributed by atoms with Gasteiger partial charge in [-0.15, -0.1) is 0 Å². The lowest BCUT2D eigenvalue weighted by Crippen LogP contribution is -2.50. The van der Waals surface area contributed by atoms with Gasteiger partial charge in [0.05, 0.1) is 6.54 Å². The van der Waals surface area contributed by atoms with Crippen molar-refractivity contribution in [1.82, 2.24) is 20.4 Å². The Morgan fingerprint density at radius 3 is 2.28 bits per heavy atom. The van der Waals surface area contributed by atoms with Crippen molar-refractivity contribution in [2.24, 2.45) is 4.99 Å². The number of aryl methyl sites for hydroxylation is 1. The maximum absolute atomic E-state index is 11.4. The van der Waals surface area contributed by atoms with Gasteiger partial charge in [0, 0.05) is 58.2 Å². The molecule has 0 bridgehead atoms. The maximum Gasteiger partial charge on any atom is 0.219 e. The number of aliphatic imine (C=N–C) groups is 1. The molecule has 0 spiro atoms. The molecule has 1 aromatic rings. The van der Waals surface area contributed by atoms with E-state index in [2.05, 4.69) is 67.5 Å². The highest BCUT2D eigenvalue weighted by molar-refractivity contribution is 5.79. The standard InChI is InChI=1S/C23H39N5O/c1-6-20-8-10-21(11-9-20)23(4,5)18-26-22(24-7-2)25-12-13-27-14-16-28(17-15-27)19(3)29/h8-11H,6-7,12-18H2,1-5H3,(H2,24,25,26). The Morgan fingerprint density at radius 1 is 1.07 bits per heavy atom. The fourth-order valence-electron chi connectivity index (χ4n) is 3.52. The van der Waals surface area contributed by atoms with Crippen molar-refractivity contribution in [3.63, 3.8) is 0 Å². The molecule has 6 heteroatoms. The van der Waals surface area contributed by atoms with Crippen LogP contribution in [0.3, 0.4) is 0 Å². The van der Waals surface area contributed by atoms with Crippen molar-refractivity contribution in [2.45, 2.75) is 46.5 Å². The molecule has 1 heterocycles. The van der Waals surface area contributed by atoms with Gasteiger partial charge < -0.3 is 15.5 Å². The smallest absolute Gasteiger partial charge is 0.219 e. The van der Waals surface area contributed by atoms with Crippen LogP contribution in [0.4, 0.5) is 0 Å². The van der Waals surface area contributed by atoms with E-state index in [9.17, 15) is 4.79 Å². The Bertz CT molecular complexity index is 660. The van der Waals surface area contributed by atoms with Gasteiger partial charge in [0.1, 0.15) is 0 Å². The van der Waals surface area contributed by atoms with Crippen LogP contribution in [0.1, 0.15) is 45.7 Å². The van der Waals surface area contributed by atoms with Crippen molar-refractivity contribution in [2.75, 3.05) is 52.4 Å². The summed E-state index contributed by atoms with van der Waals surface area (Å²) in [6, 6.07) is 8.90. The number of piperazine rings is 1. The van der Waals surface area contributed by atoms with Gasteiger partial charge in [-0.05, 0) is 24.5 Å².